The number of epoxide rings is 1. The Morgan fingerprint density at radius 1 is 0.867 bits per heavy atom. The number of nitrogens with two attached hydrogens (primary N) is 1. The molecule has 0 amide bonds. The van der Waals surface area contributed by atoms with E-state index in [1.807, 2.05) is 20.0 Å². The summed E-state index contributed by atoms with van der Waals surface area (Å²) in [5.41, 5.74) is 10.1. The molecule has 460 valence electrons. The highest BCUT2D eigenvalue weighted by Crippen LogP contribution is 2.79. The summed E-state index contributed by atoms with van der Waals surface area (Å²) in [6.07, 6.45) is 17.5. The first-order chi connectivity index (χ1) is 39.5. The maximum Gasteiger partial charge on any atom is 0.160 e. The predicted octanol–water partition coefficient (Wildman–Crippen LogP) is 12.3. The van der Waals surface area contributed by atoms with Gasteiger partial charge in [0.15, 0.2) is 5.78 Å². The van der Waals surface area contributed by atoms with Gasteiger partial charge in [-0.15, -0.1) is 0 Å². The molecular weight excluding hydrogens is 1030 g/mol. The van der Waals surface area contributed by atoms with E-state index in [1.165, 1.54) is 16.7 Å². The number of allylic oxidation sites excluding steroid dienone is 2. The zero-order valence-corrected chi connectivity index (χ0v) is 52.5. The number of phenols is 1. The van der Waals surface area contributed by atoms with Crippen LogP contribution in [0.15, 0.2) is 47.5 Å². The number of β-amino-alcohol motifs (C(OH)–C–C–N with tert-alkyl or cyclic N) is 1. The molecule has 2 aliphatic heterocycles. The van der Waals surface area contributed by atoms with Crippen LogP contribution >= 0.6 is 0 Å². The molecule has 0 aromatic heterocycles. The van der Waals surface area contributed by atoms with Crippen LogP contribution in [0.1, 0.15) is 224 Å². The summed E-state index contributed by atoms with van der Waals surface area (Å²) in [5.74, 6) is 1.39. The first-order valence-electron chi connectivity index (χ1n) is 33.7. The minimum atomic E-state index is -0.957. The third-order valence-electron chi connectivity index (χ3n) is 25.6. The largest absolute Gasteiger partial charge is 0.508 e. The van der Waals surface area contributed by atoms with Crippen LogP contribution in [0.4, 0.5) is 5.69 Å². The van der Waals surface area contributed by atoms with E-state index in [0.29, 0.717) is 57.5 Å². The van der Waals surface area contributed by atoms with Gasteiger partial charge in [0.05, 0.1) is 17.3 Å². The van der Waals surface area contributed by atoms with Gasteiger partial charge in [0.25, 0.3) is 0 Å². The van der Waals surface area contributed by atoms with Gasteiger partial charge in [-0.2, -0.15) is 0 Å². The van der Waals surface area contributed by atoms with Gasteiger partial charge >= 0.3 is 0 Å². The fourth-order valence-corrected chi connectivity index (χ4v) is 22.4. The lowest BCUT2D eigenvalue weighted by molar-refractivity contribution is -0.233. The number of aliphatic hydroxyl groups is 4. The van der Waals surface area contributed by atoms with E-state index >= 15 is 9.59 Å². The first kappa shape index (κ1) is 61.5. The Kier molecular flexibility index (Phi) is 17.3. The zero-order valence-electron chi connectivity index (χ0n) is 52.5. The van der Waals surface area contributed by atoms with E-state index in [2.05, 4.69) is 83.4 Å². The first-order valence-corrected chi connectivity index (χ1v) is 33.7. The Morgan fingerprint density at radius 2 is 1.64 bits per heavy atom. The lowest BCUT2D eigenvalue weighted by Gasteiger charge is -2.74. The molecule has 2 heterocycles. The second kappa shape index (κ2) is 23.4. The fourth-order valence-electron chi connectivity index (χ4n) is 22.4. The average Bonchev–Trinajstić information content (AvgIpc) is 1.72. The maximum atomic E-state index is 16.2. The molecule has 11 rings (SSSR count). The van der Waals surface area contributed by atoms with E-state index in [9.17, 15) is 25.5 Å². The zero-order chi connectivity index (χ0) is 59.2. The normalized spacial score (nSPS) is 42.9. The molecule has 0 unspecified atom stereocenters. The fraction of sp³-hybridized carbons (Fsp3) is 0.778. The number of ketones is 2. The number of nitrogens with one attached hydrogen (secondary N) is 2. The molecule has 11 heteroatoms. The van der Waals surface area contributed by atoms with Crippen molar-refractivity contribution in [3.05, 3.63) is 69.8 Å². The molecule has 83 heavy (non-hydrogen) atoms. The smallest absolute Gasteiger partial charge is 0.160 e. The summed E-state index contributed by atoms with van der Waals surface area (Å²) in [6.45, 7) is 19.3. The molecule has 0 radical (unpaired) electrons. The van der Waals surface area contributed by atoms with Crippen LogP contribution in [-0.2, 0) is 27.3 Å². The number of nitrogen functional groups attached to an aromatic ring is 1. The van der Waals surface area contributed by atoms with Crippen LogP contribution in [-0.4, -0.2) is 93.4 Å². The quantitative estimate of drug-likeness (QED) is 0.0452. The number of Topliss-reactive ketones (excluding diaryl/α,β-unsaturated/α-hetero) is 2. The molecule has 11 nitrogen and oxygen atoms in total. The van der Waals surface area contributed by atoms with E-state index in [0.717, 1.165) is 125 Å². The monoisotopic (exact) mass is 1140 g/mol. The summed E-state index contributed by atoms with van der Waals surface area (Å²) in [7, 11) is 1.91. The van der Waals surface area contributed by atoms with E-state index < -0.39 is 44.9 Å². The Balaban J connectivity index is 1.05. The van der Waals surface area contributed by atoms with Crippen molar-refractivity contribution in [2.45, 2.75) is 244 Å². The molecule has 9 N–H and O–H groups in total. The number of ether oxygens (including phenoxy) is 1. The molecule has 1 spiro atoms. The molecule has 2 aromatic carbocycles. The number of phenolic OH excluding ortho intramolecular Hbond substituents is 1. The summed E-state index contributed by atoms with van der Waals surface area (Å²) >= 11 is 0. The van der Waals surface area contributed by atoms with Crippen LogP contribution < -0.4 is 16.4 Å². The van der Waals surface area contributed by atoms with Crippen LogP contribution in [0.2, 0.25) is 0 Å². The number of benzene rings is 2. The Labute approximate surface area is 498 Å². The number of hydrogen-bond acceptors (Lipinski definition) is 11. The van der Waals surface area contributed by atoms with Crippen molar-refractivity contribution in [3.63, 3.8) is 0 Å². The van der Waals surface area contributed by atoms with Crippen molar-refractivity contribution in [2.75, 3.05) is 32.5 Å². The number of aromatic hydroxyl groups is 1. The van der Waals surface area contributed by atoms with Gasteiger partial charge < -0.3 is 46.6 Å². The number of aliphatic hydroxyl groups excluding tert-OH is 3. The number of fused-ring (bicyclic) bond motifs is 2. The molecule has 4 bridgehead atoms. The third kappa shape index (κ3) is 10.7. The summed E-state index contributed by atoms with van der Waals surface area (Å²) < 4.78 is 6.94. The van der Waals surface area contributed by atoms with Crippen molar-refractivity contribution in [1.82, 2.24) is 10.6 Å². The Morgan fingerprint density at radius 3 is 2.37 bits per heavy atom. The van der Waals surface area contributed by atoms with Gasteiger partial charge in [0.2, 0.25) is 0 Å². The second-order valence-electron chi connectivity index (χ2n) is 31.3. The standard InChI is InChI=1S/C72H109N3O8/c1-10-11-12-16-47-31-46-20-19-43(39-76)30-53(46)54(34-60(79)66-71(8,83-66)56-18-15-17-52(56)48-26-44(25-42(2)3)28-50(73)32-48)63-57-21-22-62-69(6)35-55(49-27-45(38-74-9)29-51(78)33-49)65(81)68(5)24-14-13-23-67(4,82)41-75-59(64(68)69)36-72(62,58(47)40-77)70(57,7)37-61(63)80/h26-29,32-33,42-43,46-47,52-56,58-60,62,64,66,74-79,82H,10-25,30-31,34-41,73H2,1-9H3/t43-,46+,47+,52-,53-,54+,55+,56+,58+,59+,60-,62-,64+,66-,67+,68-,69+,70+,71-,72-/m1/s1. The minimum Gasteiger partial charge on any atom is -0.508 e. The average molecular weight is 1140 g/mol. The number of rotatable bonds is 16. The maximum absolute atomic E-state index is 16.2. The van der Waals surface area contributed by atoms with Gasteiger partial charge in [0, 0.05) is 61.2 Å². The van der Waals surface area contributed by atoms with Gasteiger partial charge in [-0.05, 0) is 239 Å². The van der Waals surface area contributed by atoms with Crippen LogP contribution in [0.25, 0.3) is 0 Å². The SMILES string of the molecule is CCCCC[C@H]1C[C@@H]2CC[C@@H](CO)C[C@H]2[C@H](C[C@@H](O)[C@H]2O[C@]2(C)[C@H]2CCC[C@@H]2c2cc(N)cc(CC(C)C)c2)C2=C3CC[C@@H]4[C@]5(C)C[C@@H](c6cc(O)cc(CNC)c6)C(=O)[C@]6(C)CCCC[C@](C)(O)CN[C@@H](C[C@]4([C@H]1CO)[C@@]3(C)CC2=O)[C@H]56. The molecule has 7 fully saturated rings. The number of unbranched alkanes of at least 4 members (excludes halogenated alkanes) is 2. The van der Waals surface area contributed by atoms with Gasteiger partial charge in [-0.1, -0.05) is 104 Å². The molecule has 7 aliphatic carbocycles. The van der Waals surface area contributed by atoms with E-state index in [1.54, 1.807) is 6.07 Å². The predicted molar refractivity (Wildman–Crippen MR) is 329 cm³/mol. The number of hydrogen-bond donors (Lipinski definition) is 8. The highest BCUT2D eigenvalue weighted by molar-refractivity contribution is 6.01. The lowest BCUT2D eigenvalue weighted by atomic mass is 9.31. The highest BCUT2D eigenvalue weighted by Gasteiger charge is 2.76. The Bertz CT molecular complexity index is 2740. The van der Waals surface area contributed by atoms with Gasteiger partial charge in [-0.25, -0.2) is 0 Å². The lowest BCUT2D eigenvalue weighted by Crippen LogP contribution is -2.73. The Hall–Kier alpha value is -3.16. The van der Waals surface area contributed by atoms with Crippen LogP contribution in [0.3, 0.4) is 0 Å². The van der Waals surface area contributed by atoms with Gasteiger partial charge in [-0.3, -0.25) is 9.59 Å². The number of anilines is 1. The molecule has 2 saturated heterocycles. The topological polar surface area (TPSA) is 198 Å². The second-order valence-corrected chi connectivity index (χ2v) is 31.3. The van der Waals surface area contributed by atoms with Crippen molar-refractivity contribution in [2.24, 2.45) is 80.8 Å². The number of carbonyl (C=O) groups excluding carboxylic acids is 2. The third-order valence-corrected chi connectivity index (χ3v) is 25.6. The summed E-state index contributed by atoms with van der Waals surface area (Å²) in [6, 6.07) is 12.3. The summed E-state index contributed by atoms with van der Waals surface area (Å²) in [4.78, 5) is 32.3. The van der Waals surface area contributed by atoms with Gasteiger partial charge in [0.1, 0.15) is 17.6 Å². The van der Waals surface area contributed by atoms with Crippen molar-refractivity contribution < 1.29 is 39.9 Å². The van der Waals surface area contributed by atoms with Crippen LogP contribution in [0, 0.1) is 80.8 Å². The van der Waals surface area contributed by atoms with Crippen molar-refractivity contribution in [3.8, 4) is 5.75 Å². The van der Waals surface area contributed by atoms with E-state index in [-0.39, 0.29) is 102 Å². The summed E-state index contributed by atoms with van der Waals surface area (Å²) in [5, 5.41) is 68.0. The minimum absolute atomic E-state index is 0.0115. The molecular formula is C72H109N3O8. The molecule has 9 aliphatic rings. The number of carbonyl (C=O) groups is 2. The van der Waals surface area contributed by atoms with Crippen molar-refractivity contribution >= 4 is 17.3 Å². The molecule has 2 aromatic rings. The molecule has 5 saturated carbocycles. The van der Waals surface area contributed by atoms with Crippen LogP contribution in [0.5, 0.6) is 5.75 Å². The van der Waals surface area contributed by atoms with E-state index in [4.69, 9.17) is 10.5 Å². The van der Waals surface area contributed by atoms with Crippen molar-refractivity contribution in [1.29, 1.82) is 0 Å². The molecule has 20 atom stereocenters. The highest BCUT2D eigenvalue weighted by atomic mass is 16.6.